The van der Waals surface area contributed by atoms with Crippen molar-refractivity contribution in [2.24, 2.45) is 0 Å². The summed E-state index contributed by atoms with van der Waals surface area (Å²) in [6.45, 7) is 3.57. The second-order valence-electron chi connectivity index (χ2n) is 8.44. The molecule has 2 aromatic carbocycles. The van der Waals surface area contributed by atoms with Crippen molar-refractivity contribution in [2.75, 3.05) is 19.4 Å². The molecule has 4 rings (SSSR count). The van der Waals surface area contributed by atoms with E-state index in [2.05, 4.69) is 16.2 Å². The summed E-state index contributed by atoms with van der Waals surface area (Å²) >= 11 is 0. The molecule has 0 saturated heterocycles. The second kappa shape index (κ2) is 9.54. The van der Waals surface area contributed by atoms with Gasteiger partial charge in [-0.25, -0.2) is 8.42 Å². The number of aromatic nitrogens is 2. The van der Waals surface area contributed by atoms with E-state index in [1.807, 2.05) is 32.0 Å². The van der Waals surface area contributed by atoms with Gasteiger partial charge in [0.05, 0.1) is 30.6 Å². The van der Waals surface area contributed by atoms with Crippen LogP contribution in [0.2, 0.25) is 0 Å². The molecule has 0 fully saturated rings. The quantitative estimate of drug-likeness (QED) is 0.518. The number of rotatable bonds is 8. The summed E-state index contributed by atoms with van der Waals surface area (Å²) in [5.74, 6) is 1.15. The summed E-state index contributed by atoms with van der Waals surface area (Å²) in [6.07, 6.45) is 2.35. The number of hydrogen-bond donors (Lipinski definition) is 1. The maximum absolute atomic E-state index is 12.3. The monoisotopic (exact) mass is 482 g/mol. The molecule has 34 heavy (non-hydrogen) atoms. The van der Waals surface area contributed by atoms with Gasteiger partial charge in [-0.1, -0.05) is 23.4 Å². The van der Waals surface area contributed by atoms with Crippen LogP contribution in [0.5, 0.6) is 5.75 Å². The summed E-state index contributed by atoms with van der Waals surface area (Å²) in [5, 5.41) is 23.0. The molecule has 0 radical (unpaired) electrons. The van der Waals surface area contributed by atoms with E-state index < -0.39 is 10.0 Å². The van der Waals surface area contributed by atoms with E-state index in [9.17, 15) is 18.8 Å². The molecule has 0 aliphatic heterocycles. The Bertz CT molecular complexity index is 1340. The van der Waals surface area contributed by atoms with E-state index in [1.165, 1.54) is 4.31 Å². The molecule has 1 aromatic heterocycles. The first-order chi connectivity index (χ1) is 16.2. The van der Waals surface area contributed by atoms with Gasteiger partial charge in [0.2, 0.25) is 15.8 Å². The lowest BCUT2D eigenvalue weighted by Gasteiger charge is -2.26. The van der Waals surface area contributed by atoms with Crippen LogP contribution >= 0.6 is 0 Å². The van der Waals surface area contributed by atoms with E-state index in [0.717, 1.165) is 22.9 Å². The minimum atomic E-state index is -3.49. The van der Waals surface area contributed by atoms with Crippen molar-refractivity contribution < 1.29 is 22.8 Å². The molecular weight excluding hydrogens is 456 g/mol. The minimum Gasteiger partial charge on any atom is -0.490 e. The molecular formula is C24H26N4O5S. The van der Waals surface area contributed by atoms with Gasteiger partial charge >= 0.3 is 0 Å². The van der Waals surface area contributed by atoms with Gasteiger partial charge in [-0.3, -0.25) is 0 Å². The molecule has 1 aliphatic rings. The van der Waals surface area contributed by atoms with Crippen LogP contribution in [0.4, 0.5) is 0 Å². The molecule has 178 valence electrons. The fourth-order valence-corrected chi connectivity index (χ4v) is 5.44. The summed E-state index contributed by atoms with van der Waals surface area (Å²) in [5.41, 5.74) is 3.59. The summed E-state index contributed by atoms with van der Waals surface area (Å²) in [6, 6.07) is 12.5. The van der Waals surface area contributed by atoms with Gasteiger partial charge in [0.1, 0.15) is 11.8 Å². The normalized spacial score (nSPS) is 15.5. The van der Waals surface area contributed by atoms with Gasteiger partial charge in [0, 0.05) is 17.7 Å². The van der Waals surface area contributed by atoms with Crippen molar-refractivity contribution in [3.8, 4) is 34.7 Å². The topological polar surface area (TPSA) is 130 Å². The number of aliphatic hydroxyl groups is 1. The van der Waals surface area contributed by atoms with E-state index >= 15 is 0 Å². The maximum Gasteiger partial charge on any atom is 0.258 e. The molecule has 0 saturated carbocycles. The van der Waals surface area contributed by atoms with E-state index in [0.29, 0.717) is 35.5 Å². The Balaban J connectivity index is 1.68. The molecule has 9 nitrogen and oxygen atoms in total. The van der Waals surface area contributed by atoms with Crippen LogP contribution in [-0.2, 0) is 16.4 Å². The van der Waals surface area contributed by atoms with Crippen LogP contribution in [0.3, 0.4) is 0 Å². The van der Waals surface area contributed by atoms with Crippen LogP contribution in [0.25, 0.3) is 22.8 Å². The average molecular weight is 483 g/mol. The highest BCUT2D eigenvalue weighted by molar-refractivity contribution is 7.88. The molecule has 3 aromatic rings. The lowest BCUT2D eigenvalue weighted by atomic mass is 10.0. The van der Waals surface area contributed by atoms with Crippen LogP contribution < -0.4 is 4.74 Å². The zero-order valence-electron chi connectivity index (χ0n) is 19.2. The fourth-order valence-electron chi connectivity index (χ4n) is 4.35. The van der Waals surface area contributed by atoms with E-state index in [4.69, 9.17) is 9.26 Å². The van der Waals surface area contributed by atoms with Crippen LogP contribution in [0.15, 0.2) is 40.9 Å². The van der Waals surface area contributed by atoms with Crippen molar-refractivity contribution >= 4 is 10.0 Å². The molecule has 10 heteroatoms. The van der Waals surface area contributed by atoms with Crippen molar-refractivity contribution in [2.45, 2.75) is 38.8 Å². The first-order valence-corrected chi connectivity index (χ1v) is 12.8. The number of aliphatic hydroxyl groups excluding tert-OH is 1. The second-order valence-corrected chi connectivity index (χ2v) is 10.4. The van der Waals surface area contributed by atoms with Gasteiger partial charge in [0.15, 0.2) is 0 Å². The molecule has 1 atom stereocenters. The maximum atomic E-state index is 12.3. The number of ether oxygens (including phenoxy) is 1. The van der Waals surface area contributed by atoms with Gasteiger partial charge < -0.3 is 14.4 Å². The summed E-state index contributed by atoms with van der Waals surface area (Å²) < 4.78 is 37.1. The van der Waals surface area contributed by atoms with Gasteiger partial charge in [-0.15, -0.1) is 0 Å². The molecule has 1 heterocycles. The highest BCUT2D eigenvalue weighted by atomic mass is 32.2. The number of hydrogen-bond acceptors (Lipinski definition) is 8. The van der Waals surface area contributed by atoms with E-state index in [-0.39, 0.29) is 31.2 Å². The van der Waals surface area contributed by atoms with Crippen molar-refractivity contribution in [1.29, 1.82) is 5.26 Å². The Labute approximate surface area is 198 Å². The third kappa shape index (κ3) is 4.68. The van der Waals surface area contributed by atoms with Crippen molar-refractivity contribution in [1.82, 2.24) is 14.4 Å². The Morgan fingerprint density at radius 2 is 2.12 bits per heavy atom. The number of nitriles is 1. The van der Waals surface area contributed by atoms with Crippen LogP contribution in [-0.4, -0.2) is 53.5 Å². The number of fused-ring (bicyclic) bond motifs is 1. The lowest BCUT2D eigenvalue weighted by molar-refractivity contribution is 0.226. The SMILES string of the molecule is CC(C)Oc1ccc(-c2nc(-c3cccc4c3CC[C@H]4N(CCO)S(C)(=O)=O)no2)cc1C#N. The highest BCUT2D eigenvalue weighted by Gasteiger charge is 2.34. The molecule has 1 N–H and O–H groups in total. The van der Waals surface area contributed by atoms with Gasteiger partial charge in [-0.05, 0) is 56.0 Å². The summed E-state index contributed by atoms with van der Waals surface area (Å²) in [4.78, 5) is 4.55. The lowest BCUT2D eigenvalue weighted by Crippen LogP contribution is -2.35. The molecule has 1 aliphatic carbocycles. The zero-order valence-corrected chi connectivity index (χ0v) is 20.0. The largest absolute Gasteiger partial charge is 0.490 e. The van der Waals surface area contributed by atoms with Crippen LogP contribution in [0.1, 0.15) is 43.0 Å². The first-order valence-electron chi connectivity index (χ1n) is 11.0. The van der Waals surface area contributed by atoms with Crippen molar-refractivity contribution in [3.05, 3.63) is 53.1 Å². The third-order valence-electron chi connectivity index (χ3n) is 5.71. The first kappa shape index (κ1) is 23.9. The number of nitrogens with zero attached hydrogens (tertiary/aromatic N) is 4. The molecule has 0 unspecified atom stereocenters. The average Bonchev–Trinajstić information content (AvgIpc) is 3.44. The smallest absolute Gasteiger partial charge is 0.258 e. The fraction of sp³-hybridized carbons (Fsp3) is 0.375. The predicted octanol–water partition coefficient (Wildman–Crippen LogP) is 3.30. The van der Waals surface area contributed by atoms with Crippen LogP contribution in [0, 0.1) is 11.3 Å². The summed E-state index contributed by atoms with van der Waals surface area (Å²) in [7, 11) is -3.49. The Morgan fingerprint density at radius 3 is 2.79 bits per heavy atom. The number of benzene rings is 2. The standard InChI is InChI=1S/C24H26N4O5S/c1-15(2)32-22-10-7-16(13-17(22)14-25)24-26-23(27-33-24)20-6-4-5-19-18(20)8-9-21(19)28(11-12-29)34(3,30)31/h4-7,10,13,15,21,29H,8-9,11-12H2,1-3H3/t21-/m1/s1. The Kier molecular flexibility index (Phi) is 6.70. The molecule has 0 amide bonds. The van der Waals surface area contributed by atoms with Gasteiger partial charge in [-0.2, -0.15) is 14.6 Å². The zero-order chi connectivity index (χ0) is 24.5. The number of sulfonamides is 1. The molecule has 0 bridgehead atoms. The van der Waals surface area contributed by atoms with Crippen molar-refractivity contribution in [3.63, 3.8) is 0 Å². The minimum absolute atomic E-state index is 0.0390. The van der Waals surface area contributed by atoms with Gasteiger partial charge in [0.25, 0.3) is 5.89 Å². The third-order valence-corrected chi connectivity index (χ3v) is 7.00. The predicted molar refractivity (Wildman–Crippen MR) is 125 cm³/mol. The molecule has 0 spiro atoms. The Hall–Kier alpha value is -3.26. The Morgan fingerprint density at radius 1 is 1.32 bits per heavy atom. The highest BCUT2D eigenvalue weighted by Crippen LogP contribution is 2.41. The van der Waals surface area contributed by atoms with E-state index in [1.54, 1.807) is 18.2 Å².